The highest BCUT2D eigenvalue weighted by atomic mass is 19.4. The van der Waals surface area contributed by atoms with Crippen LogP contribution >= 0.6 is 0 Å². The second kappa shape index (κ2) is 4.80. The van der Waals surface area contributed by atoms with Crippen LogP contribution in [-0.2, 0) is 9.53 Å². The molecular formula is C8H15F3N2O2. The van der Waals surface area contributed by atoms with E-state index in [4.69, 9.17) is 10.5 Å². The summed E-state index contributed by atoms with van der Waals surface area (Å²) in [4.78, 5) is 11.1. The van der Waals surface area contributed by atoms with Gasteiger partial charge in [-0.1, -0.05) is 0 Å². The molecule has 2 atom stereocenters. The lowest BCUT2D eigenvalue weighted by Crippen LogP contribution is -2.61. The number of nitrogens with two attached hydrogens (primary N) is 1. The summed E-state index contributed by atoms with van der Waals surface area (Å²) in [7, 11) is 1.39. The van der Waals surface area contributed by atoms with Crippen LogP contribution in [0, 0.1) is 0 Å². The highest BCUT2D eigenvalue weighted by Gasteiger charge is 2.53. The Morgan fingerprint density at radius 1 is 1.53 bits per heavy atom. The molecule has 0 bridgehead atoms. The smallest absolute Gasteiger partial charge is 0.380 e. The Balaban J connectivity index is 4.33. The molecule has 0 fully saturated rings. The zero-order chi connectivity index (χ0) is 12.3. The molecule has 1 amide bonds. The number of hydrogen-bond acceptors (Lipinski definition) is 3. The number of hydrogen-bond donors (Lipinski definition) is 2. The topological polar surface area (TPSA) is 64.3 Å². The molecule has 0 spiro atoms. The predicted molar refractivity (Wildman–Crippen MR) is 48.1 cm³/mol. The van der Waals surface area contributed by atoms with Crippen molar-refractivity contribution < 1.29 is 22.7 Å². The summed E-state index contributed by atoms with van der Waals surface area (Å²) in [6, 6.07) is 0. The predicted octanol–water partition coefficient (Wildman–Crippen LogP) is 0.417. The molecule has 4 nitrogen and oxygen atoms in total. The van der Waals surface area contributed by atoms with Crippen LogP contribution in [0.4, 0.5) is 13.2 Å². The van der Waals surface area contributed by atoms with Gasteiger partial charge in [-0.15, -0.1) is 0 Å². The van der Waals surface area contributed by atoms with Crippen molar-refractivity contribution in [3.63, 3.8) is 0 Å². The van der Waals surface area contributed by atoms with Crippen LogP contribution < -0.4 is 11.1 Å². The minimum Gasteiger partial charge on any atom is -0.380 e. The first kappa shape index (κ1) is 14.2. The Labute approximate surface area is 86.0 Å². The van der Waals surface area contributed by atoms with Gasteiger partial charge in [0, 0.05) is 13.7 Å². The van der Waals surface area contributed by atoms with Gasteiger partial charge >= 0.3 is 6.18 Å². The summed E-state index contributed by atoms with van der Waals surface area (Å²) < 4.78 is 41.6. The van der Waals surface area contributed by atoms with Crippen molar-refractivity contribution in [3.05, 3.63) is 0 Å². The van der Waals surface area contributed by atoms with E-state index in [9.17, 15) is 18.0 Å². The minimum atomic E-state index is -4.77. The first-order valence-electron chi connectivity index (χ1n) is 4.29. The second-order valence-electron chi connectivity index (χ2n) is 3.46. The molecular weight excluding hydrogens is 213 g/mol. The molecule has 15 heavy (non-hydrogen) atoms. The molecule has 0 aromatic carbocycles. The minimum absolute atomic E-state index is 0.0157. The Morgan fingerprint density at radius 2 is 2.00 bits per heavy atom. The average molecular weight is 228 g/mol. The molecule has 0 aromatic heterocycles. The van der Waals surface area contributed by atoms with Gasteiger partial charge in [0.2, 0.25) is 5.91 Å². The van der Waals surface area contributed by atoms with Gasteiger partial charge in [0.1, 0.15) is 0 Å². The molecule has 90 valence electrons. The van der Waals surface area contributed by atoms with Crippen molar-refractivity contribution in [2.24, 2.45) is 5.73 Å². The van der Waals surface area contributed by atoms with E-state index >= 15 is 0 Å². The second-order valence-corrected chi connectivity index (χ2v) is 3.46. The van der Waals surface area contributed by atoms with Gasteiger partial charge in [-0.3, -0.25) is 4.79 Å². The highest BCUT2D eigenvalue weighted by Crippen LogP contribution is 2.27. The number of nitrogens with one attached hydrogen (secondary N) is 1. The van der Waals surface area contributed by atoms with E-state index in [1.54, 1.807) is 6.92 Å². The zero-order valence-corrected chi connectivity index (χ0v) is 8.81. The van der Waals surface area contributed by atoms with Gasteiger partial charge in [0.15, 0.2) is 5.54 Å². The molecule has 7 heteroatoms. The fourth-order valence-electron chi connectivity index (χ4n) is 0.632. The number of alkyl halides is 3. The summed E-state index contributed by atoms with van der Waals surface area (Å²) in [5.41, 5.74) is 2.01. The van der Waals surface area contributed by atoms with Crippen molar-refractivity contribution in [2.45, 2.75) is 31.7 Å². The first-order valence-corrected chi connectivity index (χ1v) is 4.29. The lowest BCUT2D eigenvalue weighted by molar-refractivity contribution is -0.187. The molecule has 0 saturated carbocycles. The van der Waals surface area contributed by atoms with Crippen LogP contribution in [-0.4, -0.2) is 37.4 Å². The van der Waals surface area contributed by atoms with Crippen molar-refractivity contribution in [3.8, 4) is 0 Å². The summed E-state index contributed by atoms with van der Waals surface area (Å²) in [5, 5.41) is 2.07. The van der Waals surface area contributed by atoms with Gasteiger partial charge in [-0.25, -0.2) is 0 Å². The fraction of sp³-hybridized carbons (Fsp3) is 0.875. The van der Waals surface area contributed by atoms with Crippen LogP contribution in [0.5, 0.6) is 0 Å². The molecule has 0 aliphatic heterocycles. The molecule has 0 radical (unpaired) electrons. The normalized spacial score (nSPS) is 18.1. The van der Waals surface area contributed by atoms with Crippen LogP contribution in [0.15, 0.2) is 0 Å². The number of methoxy groups -OCH3 is 1. The zero-order valence-electron chi connectivity index (χ0n) is 8.81. The van der Waals surface area contributed by atoms with E-state index in [0.29, 0.717) is 6.92 Å². The maximum Gasteiger partial charge on any atom is 0.415 e. The SMILES string of the molecule is COC(C)CNC(=O)C(C)(N)C(F)(F)F. The lowest BCUT2D eigenvalue weighted by atomic mass is 10.0. The number of carbonyl (C=O) groups excluding carboxylic acids is 1. The van der Waals surface area contributed by atoms with Crippen molar-refractivity contribution >= 4 is 5.91 Å². The Hall–Kier alpha value is -0.820. The van der Waals surface area contributed by atoms with E-state index < -0.39 is 17.6 Å². The molecule has 0 rings (SSSR count). The van der Waals surface area contributed by atoms with Gasteiger partial charge < -0.3 is 15.8 Å². The highest BCUT2D eigenvalue weighted by molar-refractivity contribution is 5.86. The van der Waals surface area contributed by atoms with E-state index in [1.165, 1.54) is 7.11 Å². The Morgan fingerprint density at radius 3 is 2.33 bits per heavy atom. The van der Waals surface area contributed by atoms with Gasteiger partial charge in [-0.05, 0) is 13.8 Å². The lowest BCUT2D eigenvalue weighted by Gasteiger charge is -2.26. The maximum atomic E-state index is 12.3. The Bertz CT molecular complexity index is 228. The van der Waals surface area contributed by atoms with Crippen LogP contribution in [0.3, 0.4) is 0 Å². The van der Waals surface area contributed by atoms with Crippen molar-refractivity contribution in [1.82, 2.24) is 5.32 Å². The van der Waals surface area contributed by atoms with Crippen LogP contribution in [0.1, 0.15) is 13.8 Å². The third-order valence-corrected chi connectivity index (χ3v) is 2.01. The molecule has 2 unspecified atom stereocenters. The summed E-state index contributed by atoms with van der Waals surface area (Å²) in [6.45, 7) is 2.22. The molecule has 0 heterocycles. The molecule has 3 N–H and O–H groups in total. The standard InChI is InChI=1S/C8H15F3N2O2/c1-5(15-3)4-13-6(14)7(2,12)8(9,10)11/h5H,4,12H2,1-3H3,(H,13,14). The number of ether oxygens (including phenoxy) is 1. The molecule has 0 saturated heterocycles. The molecule has 0 aromatic rings. The largest absolute Gasteiger partial charge is 0.415 e. The Kier molecular flexibility index (Phi) is 4.54. The number of amides is 1. The van der Waals surface area contributed by atoms with Crippen LogP contribution in [0.25, 0.3) is 0 Å². The molecule has 0 aliphatic carbocycles. The van der Waals surface area contributed by atoms with E-state index in [2.05, 4.69) is 5.32 Å². The number of halogens is 3. The van der Waals surface area contributed by atoms with E-state index in [1.807, 2.05) is 0 Å². The van der Waals surface area contributed by atoms with Gasteiger partial charge in [0.25, 0.3) is 0 Å². The third kappa shape index (κ3) is 3.67. The molecule has 0 aliphatic rings. The van der Waals surface area contributed by atoms with Crippen LogP contribution in [0.2, 0.25) is 0 Å². The van der Waals surface area contributed by atoms with E-state index in [0.717, 1.165) is 0 Å². The van der Waals surface area contributed by atoms with Gasteiger partial charge in [-0.2, -0.15) is 13.2 Å². The average Bonchev–Trinajstić information content (AvgIpc) is 2.11. The summed E-state index contributed by atoms with van der Waals surface area (Å²) in [6.07, 6.45) is -5.13. The number of carbonyl (C=O) groups is 1. The number of rotatable bonds is 4. The summed E-state index contributed by atoms with van der Waals surface area (Å²) >= 11 is 0. The first-order chi connectivity index (χ1) is 6.63. The summed E-state index contributed by atoms with van der Waals surface area (Å²) in [5.74, 6) is -1.26. The van der Waals surface area contributed by atoms with E-state index in [-0.39, 0.29) is 12.6 Å². The van der Waals surface area contributed by atoms with Crippen molar-refractivity contribution in [1.29, 1.82) is 0 Å². The monoisotopic (exact) mass is 228 g/mol. The van der Waals surface area contributed by atoms with Crippen molar-refractivity contribution in [2.75, 3.05) is 13.7 Å². The quantitative estimate of drug-likeness (QED) is 0.732. The van der Waals surface area contributed by atoms with Gasteiger partial charge in [0.05, 0.1) is 6.10 Å². The maximum absolute atomic E-state index is 12.3. The third-order valence-electron chi connectivity index (χ3n) is 2.01. The fourth-order valence-corrected chi connectivity index (χ4v) is 0.632.